The van der Waals surface area contributed by atoms with Crippen molar-refractivity contribution in [2.75, 3.05) is 26.4 Å². The van der Waals surface area contributed by atoms with E-state index in [1.807, 2.05) is 24.3 Å². The molecule has 0 aliphatic carbocycles. The van der Waals surface area contributed by atoms with Crippen LogP contribution in [0.25, 0.3) is 0 Å². The zero-order chi connectivity index (χ0) is 13.2. The minimum Gasteiger partial charge on any atom is -0.491 e. The molecule has 100 valence electrons. The maximum absolute atomic E-state index is 9.59. The minimum absolute atomic E-state index is 0.00140. The maximum Gasteiger partial charge on any atom is 0.119 e. The van der Waals surface area contributed by atoms with Gasteiger partial charge in [-0.2, -0.15) is 0 Å². The van der Waals surface area contributed by atoms with Gasteiger partial charge in [-0.05, 0) is 24.3 Å². The molecule has 1 rings (SSSR count). The van der Waals surface area contributed by atoms with E-state index >= 15 is 0 Å². The van der Waals surface area contributed by atoms with Crippen LogP contribution in [0.2, 0.25) is 0 Å². The van der Waals surface area contributed by atoms with Crippen molar-refractivity contribution in [1.29, 1.82) is 0 Å². The lowest BCUT2D eigenvalue weighted by molar-refractivity contribution is 0.0212. The molecule has 5 heteroatoms. The van der Waals surface area contributed by atoms with Crippen molar-refractivity contribution >= 4 is 15.9 Å². The molecule has 1 aromatic rings. The molecule has 0 heterocycles. The molecule has 1 unspecified atom stereocenters. The van der Waals surface area contributed by atoms with Crippen LogP contribution in [0.5, 0.6) is 5.75 Å². The average molecular weight is 317 g/mol. The van der Waals surface area contributed by atoms with Crippen molar-refractivity contribution in [3.63, 3.8) is 0 Å². The van der Waals surface area contributed by atoms with Gasteiger partial charge in [-0.15, -0.1) is 0 Å². The molecule has 18 heavy (non-hydrogen) atoms. The van der Waals surface area contributed by atoms with Gasteiger partial charge in [0.25, 0.3) is 0 Å². The van der Waals surface area contributed by atoms with Crippen molar-refractivity contribution < 1.29 is 19.7 Å². The van der Waals surface area contributed by atoms with Gasteiger partial charge in [0.1, 0.15) is 18.5 Å². The second-order valence-corrected chi connectivity index (χ2v) is 4.53. The van der Waals surface area contributed by atoms with Crippen molar-refractivity contribution in [1.82, 2.24) is 0 Å². The average Bonchev–Trinajstić information content (AvgIpc) is 2.38. The molecular formula is C13H17BrO4. The van der Waals surface area contributed by atoms with Crippen LogP contribution in [0.4, 0.5) is 0 Å². The van der Waals surface area contributed by atoms with Crippen LogP contribution in [0.15, 0.2) is 40.9 Å². The standard InChI is InChI=1S/C13H17BrO4/c14-11-3-5-13(6-4-11)18-10-12(16)9-17-8-2-1-7-15/h1-6,12,15-16H,7-10H2/b2-1-. The molecule has 0 spiro atoms. The quantitative estimate of drug-likeness (QED) is 0.566. The molecule has 0 saturated carbocycles. The van der Waals surface area contributed by atoms with E-state index in [0.29, 0.717) is 12.4 Å². The van der Waals surface area contributed by atoms with E-state index in [0.717, 1.165) is 4.47 Å². The summed E-state index contributed by atoms with van der Waals surface area (Å²) in [6.45, 7) is 0.756. The summed E-state index contributed by atoms with van der Waals surface area (Å²) in [5.74, 6) is 0.706. The van der Waals surface area contributed by atoms with Gasteiger partial charge >= 0.3 is 0 Å². The first kappa shape index (κ1) is 15.2. The normalized spacial score (nSPS) is 12.8. The summed E-state index contributed by atoms with van der Waals surface area (Å²) in [7, 11) is 0. The molecule has 0 amide bonds. The summed E-state index contributed by atoms with van der Waals surface area (Å²) >= 11 is 3.33. The highest BCUT2D eigenvalue weighted by atomic mass is 79.9. The van der Waals surface area contributed by atoms with Crippen LogP contribution in [-0.4, -0.2) is 42.7 Å². The first-order chi connectivity index (χ1) is 8.72. The van der Waals surface area contributed by atoms with Crippen LogP contribution in [0, 0.1) is 0 Å². The Morgan fingerprint density at radius 2 is 1.89 bits per heavy atom. The Bertz CT molecular complexity index is 351. The zero-order valence-corrected chi connectivity index (χ0v) is 11.5. The largest absolute Gasteiger partial charge is 0.491 e. The van der Waals surface area contributed by atoms with Crippen LogP contribution < -0.4 is 4.74 Å². The number of rotatable bonds is 8. The molecule has 0 bridgehead atoms. The summed E-state index contributed by atoms with van der Waals surface area (Å²) in [5, 5.41) is 18.1. The van der Waals surface area contributed by atoms with Gasteiger partial charge < -0.3 is 19.7 Å². The molecule has 0 radical (unpaired) electrons. The third-order valence-corrected chi connectivity index (χ3v) is 2.58. The number of hydrogen-bond acceptors (Lipinski definition) is 4. The van der Waals surface area contributed by atoms with Crippen LogP contribution in [-0.2, 0) is 4.74 Å². The van der Waals surface area contributed by atoms with Gasteiger partial charge in [0.2, 0.25) is 0 Å². The molecule has 0 aliphatic heterocycles. The summed E-state index contributed by atoms with van der Waals surface area (Å²) in [6.07, 6.45) is 2.61. The third kappa shape index (κ3) is 6.76. The van der Waals surface area contributed by atoms with E-state index in [-0.39, 0.29) is 19.8 Å². The van der Waals surface area contributed by atoms with Gasteiger partial charge in [0, 0.05) is 4.47 Å². The fourth-order valence-corrected chi connectivity index (χ4v) is 1.45. The molecule has 0 aliphatic rings. The Morgan fingerprint density at radius 1 is 1.17 bits per heavy atom. The highest BCUT2D eigenvalue weighted by molar-refractivity contribution is 9.10. The lowest BCUT2D eigenvalue weighted by Crippen LogP contribution is -2.23. The summed E-state index contributed by atoms with van der Waals surface area (Å²) in [5.41, 5.74) is 0. The molecule has 1 aromatic carbocycles. The summed E-state index contributed by atoms with van der Waals surface area (Å²) in [6, 6.07) is 7.39. The van der Waals surface area contributed by atoms with E-state index in [4.69, 9.17) is 14.6 Å². The van der Waals surface area contributed by atoms with Gasteiger partial charge in [-0.3, -0.25) is 0 Å². The van der Waals surface area contributed by atoms with Crippen molar-refractivity contribution in [2.45, 2.75) is 6.10 Å². The number of halogens is 1. The molecule has 0 saturated heterocycles. The topological polar surface area (TPSA) is 58.9 Å². The predicted molar refractivity (Wildman–Crippen MR) is 72.7 cm³/mol. The SMILES string of the molecule is OC/C=C\COCC(O)COc1ccc(Br)cc1. The minimum atomic E-state index is -0.670. The summed E-state index contributed by atoms with van der Waals surface area (Å²) < 4.78 is 11.5. The van der Waals surface area contributed by atoms with Crippen LogP contribution >= 0.6 is 15.9 Å². The Hall–Kier alpha value is -0.880. The van der Waals surface area contributed by atoms with Crippen molar-refractivity contribution in [2.24, 2.45) is 0 Å². The van der Waals surface area contributed by atoms with Gasteiger partial charge in [-0.1, -0.05) is 28.1 Å². The van der Waals surface area contributed by atoms with Gasteiger partial charge in [0.05, 0.1) is 19.8 Å². The van der Waals surface area contributed by atoms with Gasteiger partial charge in [-0.25, -0.2) is 0 Å². The zero-order valence-electron chi connectivity index (χ0n) is 9.96. The van der Waals surface area contributed by atoms with E-state index < -0.39 is 6.10 Å². The fraction of sp³-hybridized carbons (Fsp3) is 0.385. The van der Waals surface area contributed by atoms with Crippen LogP contribution in [0.1, 0.15) is 0 Å². The van der Waals surface area contributed by atoms with Gasteiger partial charge in [0.15, 0.2) is 0 Å². The highest BCUT2D eigenvalue weighted by Gasteiger charge is 2.04. The Kier molecular flexibility index (Phi) is 7.68. The monoisotopic (exact) mass is 316 g/mol. The van der Waals surface area contributed by atoms with E-state index in [1.54, 1.807) is 12.2 Å². The number of aliphatic hydroxyl groups is 2. The van der Waals surface area contributed by atoms with Crippen molar-refractivity contribution in [3.05, 3.63) is 40.9 Å². The first-order valence-electron chi connectivity index (χ1n) is 5.62. The molecule has 1 atom stereocenters. The van der Waals surface area contributed by atoms with E-state index in [1.165, 1.54) is 0 Å². The molecule has 2 N–H and O–H groups in total. The molecule has 0 aromatic heterocycles. The number of ether oxygens (including phenoxy) is 2. The highest BCUT2D eigenvalue weighted by Crippen LogP contribution is 2.16. The predicted octanol–water partition coefficient (Wildman–Crippen LogP) is 1.75. The van der Waals surface area contributed by atoms with E-state index in [9.17, 15) is 5.11 Å². The second-order valence-electron chi connectivity index (χ2n) is 3.61. The second kappa shape index (κ2) is 9.10. The molecule has 0 fully saturated rings. The Labute approximate surface area is 115 Å². The number of aliphatic hydroxyl groups excluding tert-OH is 2. The fourth-order valence-electron chi connectivity index (χ4n) is 1.19. The summed E-state index contributed by atoms with van der Waals surface area (Å²) in [4.78, 5) is 0. The third-order valence-electron chi connectivity index (χ3n) is 2.05. The first-order valence-corrected chi connectivity index (χ1v) is 6.41. The molecule has 4 nitrogen and oxygen atoms in total. The Morgan fingerprint density at radius 3 is 2.56 bits per heavy atom. The lowest BCUT2D eigenvalue weighted by atomic mass is 10.3. The smallest absolute Gasteiger partial charge is 0.119 e. The number of benzene rings is 1. The van der Waals surface area contributed by atoms with E-state index in [2.05, 4.69) is 15.9 Å². The molecular weight excluding hydrogens is 300 g/mol. The Balaban J connectivity index is 2.14. The maximum atomic E-state index is 9.59. The number of hydrogen-bond donors (Lipinski definition) is 2. The van der Waals surface area contributed by atoms with Crippen molar-refractivity contribution in [3.8, 4) is 5.75 Å². The lowest BCUT2D eigenvalue weighted by Gasteiger charge is -2.12. The van der Waals surface area contributed by atoms with Crippen LogP contribution in [0.3, 0.4) is 0 Å².